The van der Waals surface area contributed by atoms with Gasteiger partial charge in [0.1, 0.15) is 5.82 Å². The SMILES string of the molecule is c1ccc(CNc2ccnc(Nc3ccc4[nH]ncc4c3)n2)nc1. The minimum absolute atomic E-state index is 0.531. The van der Waals surface area contributed by atoms with Crippen molar-refractivity contribution in [1.82, 2.24) is 25.1 Å². The molecule has 0 aliphatic carbocycles. The molecule has 118 valence electrons. The Hall–Kier alpha value is -3.48. The monoisotopic (exact) mass is 317 g/mol. The summed E-state index contributed by atoms with van der Waals surface area (Å²) < 4.78 is 0. The molecule has 3 N–H and O–H groups in total. The van der Waals surface area contributed by atoms with Crippen LogP contribution in [0.15, 0.2) is 61.1 Å². The maximum Gasteiger partial charge on any atom is 0.229 e. The Balaban J connectivity index is 1.47. The molecule has 4 rings (SSSR count). The molecule has 0 unspecified atom stereocenters. The molecule has 0 saturated carbocycles. The molecule has 24 heavy (non-hydrogen) atoms. The summed E-state index contributed by atoms with van der Waals surface area (Å²) >= 11 is 0. The normalized spacial score (nSPS) is 10.7. The highest BCUT2D eigenvalue weighted by molar-refractivity contribution is 5.82. The molecule has 0 amide bonds. The molecule has 4 aromatic rings. The summed E-state index contributed by atoms with van der Waals surface area (Å²) in [6, 6.07) is 13.6. The predicted molar refractivity (Wildman–Crippen MR) is 93.0 cm³/mol. The van der Waals surface area contributed by atoms with E-state index < -0.39 is 0 Å². The second-order valence-electron chi connectivity index (χ2n) is 5.24. The van der Waals surface area contributed by atoms with Gasteiger partial charge in [0, 0.05) is 23.5 Å². The summed E-state index contributed by atoms with van der Waals surface area (Å²) in [4.78, 5) is 13.0. The van der Waals surface area contributed by atoms with Crippen LogP contribution in [0.4, 0.5) is 17.5 Å². The topological polar surface area (TPSA) is 91.4 Å². The summed E-state index contributed by atoms with van der Waals surface area (Å²) in [6.07, 6.45) is 5.27. The van der Waals surface area contributed by atoms with Gasteiger partial charge in [0.25, 0.3) is 0 Å². The summed E-state index contributed by atoms with van der Waals surface area (Å²) in [6.45, 7) is 0.609. The van der Waals surface area contributed by atoms with Crippen LogP contribution in [-0.2, 0) is 6.54 Å². The first kappa shape index (κ1) is 14.1. The molecule has 7 nitrogen and oxygen atoms in total. The third-order valence-electron chi connectivity index (χ3n) is 3.53. The number of fused-ring (bicyclic) bond motifs is 1. The van der Waals surface area contributed by atoms with Gasteiger partial charge in [-0.05, 0) is 36.4 Å². The van der Waals surface area contributed by atoms with E-state index in [0.717, 1.165) is 28.1 Å². The molecular weight excluding hydrogens is 302 g/mol. The third-order valence-corrected chi connectivity index (χ3v) is 3.53. The average Bonchev–Trinajstić information content (AvgIpc) is 3.09. The van der Waals surface area contributed by atoms with E-state index in [4.69, 9.17) is 0 Å². The molecule has 0 aliphatic heterocycles. The van der Waals surface area contributed by atoms with Gasteiger partial charge in [0.2, 0.25) is 5.95 Å². The molecule has 3 heterocycles. The lowest BCUT2D eigenvalue weighted by atomic mass is 10.2. The van der Waals surface area contributed by atoms with E-state index in [9.17, 15) is 0 Å². The summed E-state index contributed by atoms with van der Waals surface area (Å²) in [5.41, 5.74) is 2.86. The number of rotatable bonds is 5. The van der Waals surface area contributed by atoms with Crippen molar-refractivity contribution in [2.24, 2.45) is 0 Å². The molecule has 3 aromatic heterocycles. The van der Waals surface area contributed by atoms with Crippen LogP contribution in [0.1, 0.15) is 5.69 Å². The molecular formula is C17H15N7. The number of H-pyrrole nitrogens is 1. The standard InChI is InChI=1S/C17H15N7/c1-2-7-18-14(3-1)11-20-16-6-8-19-17(23-16)22-13-4-5-15-12(9-13)10-21-24-15/h1-10H,11H2,(H,21,24)(H2,19,20,22,23). The Morgan fingerprint density at radius 1 is 1.00 bits per heavy atom. The van der Waals surface area contributed by atoms with Gasteiger partial charge in [-0.15, -0.1) is 0 Å². The van der Waals surface area contributed by atoms with Crippen molar-refractivity contribution in [1.29, 1.82) is 0 Å². The zero-order valence-corrected chi connectivity index (χ0v) is 12.8. The Bertz CT molecular complexity index is 949. The van der Waals surface area contributed by atoms with Crippen LogP contribution < -0.4 is 10.6 Å². The Kier molecular flexibility index (Phi) is 3.73. The number of hydrogen-bond donors (Lipinski definition) is 3. The van der Waals surface area contributed by atoms with Crippen LogP contribution in [0.3, 0.4) is 0 Å². The van der Waals surface area contributed by atoms with Crippen molar-refractivity contribution in [3.8, 4) is 0 Å². The van der Waals surface area contributed by atoms with Gasteiger partial charge in [-0.3, -0.25) is 10.1 Å². The van der Waals surface area contributed by atoms with E-state index >= 15 is 0 Å². The van der Waals surface area contributed by atoms with Gasteiger partial charge in [0.05, 0.1) is 24.0 Å². The van der Waals surface area contributed by atoms with Crippen LogP contribution >= 0.6 is 0 Å². The molecule has 0 aliphatic rings. The minimum Gasteiger partial charge on any atom is -0.364 e. The summed E-state index contributed by atoms with van der Waals surface area (Å²) in [5.74, 6) is 1.27. The van der Waals surface area contributed by atoms with Crippen LogP contribution in [0.5, 0.6) is 0 Å². The fourth-order valence-electron chi connectivity index (χ4n) is 2.35. The molecule has 7 heteroatoms. The zero-order valence-electron chi connectivity index (χ0n) is 12.8. The highest BCUT2D eigenvalue weighted by Crippen LogP contribution is 2.19. The van der Waals surface area contributed by atoms with E-state index in [-0.39, 0.29) is 0 Å². The summed E-state index contributed by atoms with van der Waals surface area (Å²) in [5, 5.41) is 14.4. The second kappa shape index (κ2) is 6.33. The van der Waals surface area contributed by atoms with E-state index in [1.807, 2.05) is 42.5 Å². The number of nitrogens with zero attached hydrogens (tertiary/aromatic N) is 4. The van der Waals surface area contributed by atoms with Crippen LogP contribution in [0.2, 0.25) is 0 Å². The number of pyridine rings is 1. The van der Waals surface area contributed by atoms with Crippen LogP contribution in [0, 0.1) is 0 Å². The molecule has 0 atom stereocenters. The fourth-order valence-corrected chi connectivity index (χ4v) is 2.35. The maximum atomic E-state index is 4.47. The Morgan fingerprint density at radius 3 is 2.92 bits per heavy atom. The second-order valence-corrected chi connectivity index (χ2v) is 5.24. The molecule has 0 spiro atoms. The van der Waals surface area contributed by atoms with E-state index in [1.165, 1.54) is 0 Å². The number of anilines is 3. The lowest BCUT2D eigenvalue weighted by Gasteiger charge is -2.08. The van der Waals surface area contributed by atoms with Gasteiger partial charge in [-0.25, -0.2) is 4.98 Å². The van der Waals surface area contributed by atoms with E-state index in [2.05, 4.69) is 35.8 Å². The molecule has 0 bridgehead atoms. The van der Waals surface area contributed by atoms with Gasteiger partial charge in [-0.1, -0.05) is 6.07 Å². The van der Waals surface area contributed by atoms with E-state index in [1.54, 1.807) is 18.6 Å². The highest BCUT2D eigenvalue weighted by Gasteiger charge is 2.02. The lowest BCUT2D eigenvalue weighted by molar-refractivity contribution is 1.02. The van der Waals surface area contributed by atoms with Crippen molar-refractivity contribution in [2.75, 3.05) is 10.6 Å². The Labute approximate surface area is 138 Å². The summed E-state index contributed by atoms with van der Waals surface area (Å²) in [7, 11) is 0. The maximum absolute atomic E-state index is 4.47. The average molecular weight is 317 g/mol. The van der Waals surface area contributed by atoms with Crippen LogP contribution in [0.25, 0.3) is 10.9 Å². The highest BCUT2D eigenvalue weighted by atomic mass is 15.1. The van der Waals surface area contributed by atoms with E-state index in [0.29, 0.717) is 12.5 Å². The smallest absolute Gasteiger partial charge is 0.229 e. The number of aromatic nitrogens is 5. The zero-order chi connectivity index (χ0) is 16.2. The number of benzene rings is 1. The molecule has 0 fully saturated rings. The predicted octanol–water partition coefficient (Wildman–Crippen LogP) is 3.10. The first-order chi connectivity index (χ1) is 11.9. The lowest BCUT2D eigenvalue weighted by Crippen LogP contribution is -2.05. The molecule has 0 saturated heterocycles. The van der Waals surface area contributed by atoms with Crippen molar-refractivity contribution >= 4 is 28.4 Å². The van der Waals surface area contributed by atoms with Gasteiger partial charge >= 0.3 is 0 Å². The Morgan fingerprint density at radius 2 is 2.00 bits per heavy atom. The van der Waals surface area contributed by atoms with Crippen molar-refractivity contribution in [3.63, 3.8) is 0 Å². The van der Waals surface area contributed by atoms with Crippen molar-refractivity contribution in [2.45, 2.75) is 6.54 Å². The first-order valence-electron chi connectivity index (χ1n) is 7.54. The molecule has 1 aromatic carbocycles. The van der Waals surface area contributed by atoms with Gasteiger partial charge < -0.3 is 10.6 Å². The van der Waals surface area contributed by atoms with Gasteiger partial charge in [-0.2, -0.15) is 10.1 Å². The van der Waals surface area contributed by atoms with Crippen LogP contribution in [-0.4, -0.2) is 25.1 Å². The molecule has 0 radical (unpaired) electrons. The largest absolute Gasteiger partial charge is 0.364 e. The first-order valence-corrected chi connectivity index (χ1v) is 7.54. The van der Waals surface area contributed by atoms with Crippen molar-refractivity contribution < 1.29 is 0 Å². The third kappa shape index (κ3) is 3.14. The fraction of sp³-hybridized carbons (Fsp3) is 0.0588. The number of nitrogens with one attached hydrogen (secondary N) is 3. The minimum atomic E-state index is 0.531. The number of aromatic amines is 1. The van der Waals surface area contributed by atoms with Gasteiger partial charge in [0.15, 0.2) is 0 Å². The van der Waals surface area contributed by atoms with Crippen molar-refractivity contribution in [3.05, 3.63) is 66.7 Å². The number of hydrogen-bond acceptors (Lipinski definition) is 6. The quantitative estimate of drug-likeness (QED) is 0.524.